The summed E-state index contributed by atoms with van der Waals surface area (Å²) in [6, 6.07) is 15.4. The van der Waals surface area contributed by atoms with Gasteiger partial charge in [0.05, 0.1) is 13.0 Å². The van der Waals surface area contributed by atoms with Crippen LogP contribution in [0.5, 0.6) is 0 Å². The van der Waals surface area contributed by atoms with E-state index in [2.05, 4.69) is 42.0 Å². The van der Waals surface area contributed by atoms with E-state index in [0.29, 0.717) is 18.1 Å². The molecule has 5 nitrogen and oxygen atoms in total. The van der Waals surface area contributed by atoms with Crippen molar-refractivity contribution < 1.29 is 9.32 Å². The Hall–Kier alpha value is -1.99. The Morgan fingerprint density at radius 3 is 2.56 bits per heavy atom. The van der Waals surface area contributed by atoms with E-state index >= 15 is 0 Å². The molecule has 0 aliphatic rings. The van der Waals surface area contributed by atoms with Crippen LogP contribution in [0.25, 0.3) is 11.4 Å². The van der Waals surface area contributed by atoms with Gasteiger partial charge in [-0.3, -0.25) is 4.79 Å². The number of carbonyl (C=O) groups is 1. The zero-order valence-corrected chi connectivity index (χ0v) is 16.6. The van der Waals surface area contributed by atoms with Gasteiger partial charge in [-0.1, -0.05) is 61.3 Å². The lowest BCUT2D eigenvalue weighted by molar-refractivity contribution is -0.130. The summed E-state index contributed by atoms with van der Waals surface area (Å²) in [5, 5.41) is 3.98. The quantitative estimate of drug-likeness (QED) is 0.559. The molecule has 0 saturated carbocycles. The molecule has 1 aromatic heterocycles. The first-order valence-electron chi connectivity index (χ1n) is 7.58. The summed E-state index contributed by atoms with van der Waals surface area (Å²) in [4.78, 5) is 18.3. The maximum atomic E-state index is 12.4. The van der Waals surface area contributed by atoms with E-state index in [-0.39, 0.29) is 12.5 Å². The lowest BCUT2D eigenvalue weighted by Gasteiger charge is -2.14. The average molecular weight is 465 g/mol. The molecule has 2 aromatic carbocycles. The fourth-order valence-electron chi connectivity index (χ4n) is 2.31. The molecule has 1 amide bonds. The second-order valence-corrected chi connectivity index (χ2v) is 7.41. The van der Waals surface area contributed by atoms with Gasteiger partial charge in [-0.15, -0.1) is 0 Å². The van der Waals surface area contributed by atoms with E-state index in [1.165, 1.54) is 0 Å². The van der Waals surface area contributed by atoms with Crippen molar-refractivity contribution in [2.75, 3.05) is 7.05 Å². The Bertz CT molecular complexity index is 895. The summed E-state index contributed by atoms with van der Waals surface area (Å²) in [6.45, 7) is 0.272. The second kappa shape index (κ2) is 7.93. The van der Waals surface area contributed by atoms with E-state index in [1.807, 2.05) is 48.5 Å². The molecule has 0 bridgehead atoms. The van der Waals surface area contributed by atoms with E-state index in [9.17, 15) is 4.79 Å². The Balaban J connectivity index is 1.65. The van der Waals surface area contributed by atoms with Gasteiger partial charge in [0, 0.05) is 21.6 Å². The molecule has 0 unspecified atom stereocenters. The first kappa shape index (κ1) is 17.8. The highest BCUT2D eigenvalue weighted by Crippen LogP contribution is 2.20. The number of hydrogen-bond donors (Lipinski definition) is 0. The molecule has 0 radical (unpaired) electrons. The van der Waals surface area contributed by atoms with Crippen LogP contribution in [0.15, 0.2) is 62.0 Å². The van der Waals surface area contributed by atoms with Crippen LogP contribution in [-0.4, -0.2) is 28.0 Å². The molecule has 0 aliphatic heterocycles. The van der Waals surface area contributed by atoms with E-state index in [0.717, 1.165) is 20.1 Å². The Labute approximate surface area is 162 Å². The van der Waals surface area contributed by atoms with Crippen LogP contribution in [-0.2, 0) is 17.8 Å². The molecule has 128 valence electrons. The predicted molar refractivity (Wildman–Crippen MR) is 102 cm³/mol. The van der Waals surface area contributed by atoms with E-state index < -0.39 is 0 Å². The molecular weight excluding hydrogens is 450 g/mol. The summed E-state index contributed by atoms with van der Waals surface area (Å²) in [7, 11) is 1.73. The van der Waals surface area contributed by atoms with Gasteiger partial charge in [0.25, 0.3) is 0 Å². The highest BCUT2D eigenvalue weighted by molar-refractivity contribution is 9.10. The van der Waals surface area contributed by atoms with Gasteiger partial charge in [0.2, 0.25) is 17.6 Å². The number of amides is 1. The molecule has 0 spiro atoms. The highest BCUT2D eigenvalue weighted by Gasteiger charge is 2.15. The molecule has 3 rings (SSSR count). The number of likely N-dealkylation sites (N-methyl/N-ethyl adjacent to an activating group) is 1. The lowest BCUT2D eigenvalue weighted by Crippen LogP contribution is -2.27. The number of halogens is 2. The van der Waals surface area contributed by atoms with Crippen LogP contribution in [0, 0.1) is 0 Å². The second-order valence-electron chi connectivity index (χ2n) is 5.58. The summed E-state index contributed by atoms with van der Waals surface area (Å²) < 4.78 is 7.17. The molecule has 0 saturated heterocycles. The maximum absolute atomic E-state index is 12.4. The first-order valence-corrected chi connectivity index (χ1v) is 9.17. The van der Waals surface area contributed by atoms with Crippen LogP contribution in [0.1, 0.15) is 11.5 Å². The zero-order chi connectivity index (χ0) is 17.8. The number of benzene rings is 2. The first-order chi connectivity index (χ1) is 12.0. The maximum Gasteiger partial charge on any atom is 0.246 e. The molecular formula is C18H15Br2N3O2. The highest BCUT2D eigenvalue weighted by atomic mass is 79.9. The van der Waals surface area contributed by atoms with Crippen LogP contribution in [0.3, 0.4) is 0 Å². The molecule has 0 atom stereocenters. The van der Waals surface area contributed by atoms with Crippen molar-refractivity contribution in [1.29, 1.82) is 0 Å². The number of aromatic nitrogens is 2. The van der Waals surface area contributed by atoms with Gasteiger partial charge in [0.1, 0.15) is 0 Å². The minimum Gasteiger partial charge on any atom is -0.337 e. The molecule has 1 heterocycles. The molecule has 0 aliphatic carbocycles. The third-order valence-electron chi connectivity index (χ3n) is 3.59. The normalized spacial score (nSPS) is 10.7. The number of nitrogens with zero attached hydrogens (tertiary/aromatic N) is 3. The van der Waals surface area contributed by atoms with Gasteiger partial charge >= 0.3 is 0 Å². The molecule has 7 heteroatoms. The topological polar surface area (TPSA) is 59.2 Å². The van der Waals surface area contributed by atoms with Gasteiger partial charge in [-0.05, 0) is 29.8 Å². The average Bonchev–Trinajstić information content (AvgIpc) is 3.03. The number of carbonyl (C=O) groups excluding carboxylic acids is 1. The zero-order valence-electron chi connectivity index (χ0n) is 13.4. The van der Waals surface area contributed by atoms with Crippen molar-refractivity contribution >= 4 is 37.8 Å². The van der Waals surface area contributed by atoms with Crippen molar-refractivity contribution in [2.24, 2.45) is 0 Å². The van der Waals surface area contributed by atoms with E-state index in [4.69, 9.17) is 4.52 Å². The summed E-state index contributed by atoms with van der Waals surface area (Å²) in [5.41, 5.74) is 1.80. The van der Waals surface area contributed by atoms with Gasteiger partial charge < -0.3 is 9.42 Å². The monoisotopic (exact) mass is 463 g/mol. The Kier molecular flexibility index (Phi) is 5.65. The molecule has 0 N–H and O–H groups in total. The summed E-state index contributed by atoms with van der Waals surface area (Å²) in [6.07, 6.45) is 0.322. The van der Waals surface area contributed by atoms with Crippen molar-refractivity contribution in [3.05, 3.63) is 68.9 Å². The number of rotatable bonds is 5. The van der Waals surface area contributed by atoms with Gasteiger partial charge in [-0.2, -0.15) is 4.98 Å². The standard InChI is InChI=1S/C18H15Br2N3O2/c1-23(17(24)9-12-4-2-6-14(19)8-12)11-16-21-18(22-25-16)13-5-3-7-15(20)10-13/h2-8,10H,9,11H2,1H3. The van der Waals surface area contributed by atoms with Gasteiger partial charge in [0.15, 0.2) is 0 Å². The lowest BCUT2D eigenvalue weighted by atomic mass is 10.1. The minimum atomic E-state index is -0.0136. The van der Waals surface area contributed by atoms with Crippen molar-refractivity contribution in [2.45, 2.75) is 13.0 Å². The molecule has 3 aromatic rings. The van der Waals surface area contributed by atoms with E-state index in [1.54, 1.807) is 11.9 Å². The fourth-order valence-corrected chi connectivity index (χ4v) is 3.16. The largest absolute Gasteiger partial charge is 0.337 e. The summed E-state index contributed by atoms with van der Waals surface area (Å²) >= 11 is 6.83. The molecule has 25 heavy (non-hydrogen) atoms. The predicted octanol–water partition coefficient (Wildman–Crippen LogP) is 4.46. The van der Waals surface area contributed by atoms with Crippen molar-refractivity contribution in [3.63, 3.8) is 0 Å². The van der Waals surface area contributed by atoms with Crippen LogP contribution in [0.4, 0.5) is 0 Å². The van der Waals surface area contributed by atoms with Crippen LogP contribution in [0.2, 0.25) is 0 Å². The van der Waals surface area contributed by atoms with Crippen molar-refractivity contribution in [1.82, 2.24) is 15.0 Å². The smallest absolute Gasteiger partial charge is 0.246 e. The minimum absolute atomic E-state index is 0.0136. The molecule has 0 fully saturated rings. The van der Waals surface area contributed by atoms with Crippen molar-refractivity contribution in [3.8, 4) is 11.4 Å². The van der Waals surface area contributed by atoms with Gasteiger partial charge in [-0.25, -0.2) is 0 Å². The third-order valence-corrected chi connectivity index (χ3v) is 4.58. The Morgan fingerprint density at radius 2 is 1.84 bits per heavy atom. The fraction of sp³-hybridized carbons (Fsp3) is 0.167. The summed E-state index contributed by atoms with van der Waals surface area (Å²) in [5.74, 6) is 0.893. The van der Waals surface area contributed by atoms with Crippen LogP contribution < -0.4 is 0 Å². The third kappa shape index (κ3) is 4.76. The number of hydrogen-bond acceptors (Lipinski definition) is 4. The Morgan fingerprint density at radius 1 is 1.12 bits per heavy atom. The SMILES string of the molecule is CN(Cc1nc(-c2cccc(Br)c2)no1)C(=O)Cc1cccc(Br)c1. The van der Waals surface area contributed by atoms with Crippen LogP contribution >= 0.6 is 31.9 Å².